The van der Waals surface area contributed by atoms with Gasteiger partial charge >= 0.3 is 0 Å². The van der Waals surface area contributed by atoms with Gasteiger partial charge in [0.2, 0.25) is 5.95 Å². The lowest BCUT2D eigenvalue weighted by molar-refractivity contribution is 0.478. The van der Waals surface area contributed by atoms with Crippen LogP contribution in [0.3, 0.4) is 0 Å². The number of pyridine rings is 1. The predicted molar refractivity (Wildman–Crippen MR) is 150 cm³/mol. The molecule has 0 saturated carbocycles. The molecule has 0 amide bonds. The maximum atomic E-state index is 15.5. The standard InChI is InChI=1S/C28H28FN7O2S/c1-17-5-8-22(9-6-17)39(37,38)35-20-7-10-23(25(29)13-20)24-12-19-14-31-28(33-21-4-3-11-30-15-21)34-26(19)36-16-18(2)32-27(24)36/h5-10,12-14,16,21,30,35H,3-4,11,15H2,1-2H3,(H,31,33,34). The molecule has 3 N–H and O–H groups in total. The number of hydrogen-bond acceptors (Lipinski definition) is 7. The van der Waals surface area contributed by atoms with Crippen molar-refractivity contribution in [1.29, 1.82) is 0 Å². The summed E-state index contributed by atoms with van der Waals surface area (Å²) in [7, 11) is -3.86. The minimum atomic E-state index is -3.86. The second-order valence-corrected chi connectivity index (χ2v) is 11.6. The van der Waals surface area contributed by atoms with Crippen LogP contribution in [-0.2, 0) is 10.0 Å². The van der Waals surface area contributed by atoms with Crippen LogP contribution < -0.4 is 15.4 Å². The Bertz CT molecular complexity index is 1800. The van der Waals surface area contributed by atoms with Gasteiger partial charge in [0.25, 0.3) is 10.0 Å². The molecule has 1 atom stereocenters. The molecule has 0 radical (unpaired) electrons. The van der Waals surface area contributed by atoms with Crippen molar-refractivity contribution in [2.75, 3.05) is 23.1 Å². The van der Waals surface area contributed by atoms with Crippen molar-refractivity contribution in [1.82, 2.24) is 24.7 Å². The maximum absolute atomic E-state index is 15.5. The predicted octanol–water partition coefficient (Wildman–Crippen LogP) is 4.67. The second kappa shape index (κ2) is 9.90. The van der Waals surface area contributed by atoms with Crippen molar-refractivity contribution in [3.63, 3.8) is 0 Å². The molecule has 1 aliphatic heterocycles. The highest BCUT2D eigenvalue weighted by Gasteiger charge is 2.19. The first-order valence-corrected chi connectivity index (χ1v) is 14.3. The van der Waals surface area contributed by atoms with E-state index in [1.807, 2.05) is 30.5 Å². The van der Waals surface area contributed by atoms with Crippen LogP contribution in [0.5, 0.6) is 0 Å². The molecule has 39 heavy (non-hydrogen) atoms. The number of aryl methyl sites for hydroxylation is 2. The summed E-state index contributed by atoms with van der Waals surface area (Å²) < 4.78 is 45.4. The Labute approximate surface area is 225 Å². The van der Waals surface area contributed by atoms with E-state index in [4.69, 9.17) is 4.98 Å². The summed E-state index contributed by atoms with van der Waals surface area (Å²) in [5.41, 5.74) is 3.90. The van der Waals surface area contributed by atoms with Crippen LogP contribution >= 0.6 is 0 Å². The smallest absolute Gasteiger partial charge is 0.261 e. The van der Waals surface area contributed by atoms with Gasteiger partial charge in [0, 0.05) is 41.5 Å². The van der Waals surface area contributed by atoms with Gasteiger partial charge in [0.05, 0.1) is 16.3 Å². The molecule has 1 aliphatic rings. The number of rotatable bonds is 6. The van der Waals surface area contributed by atoms with Gasteiger partial charge in [-0.15, -0.1) is 0 Å². The van der Waals surface area contributed by atoms with E-state index >= 15 is 4.39 Å². The van der Waals surface area contributed by atoms with E-state index in [1.54, 1.807) is 30.5 Å². The largest absolute Gasteiger partial charge is 0.350 e. The summed E-state index contributed by atoms with van der Waals surface area (Å²) in [6.07, 6.45) is 5.73. The summed E-state index contributed by atoms with van der Waals surface area (Å²) in [5.74, 6) is -0.0435. The van der Waals surface area contributed by atoms with Crippen molar-refractivity contribution in [2.24, 2.45) is 0 Å². The molecular weight excluding hydrogens is 517 g/mol. The number of nitrogens with one attached hydrogen (secondary N) is 3. The van der Waals surface area contributed by atoms with Crippen LogP contribution in [0.4, 0.5) is 16.0 Å². The highest BCUT2D eigenvalue weighted by Crippen LogP contribution is 2.32. The molecule has 0 aliphatic carbocycles. The topological polar surface area (TPSA) is 113 Å². The molecule has 3 aromatic heterocycles. The molecule has 5 aromatic rings. The van der Waals surface area contributed by atoms with E-state index in [-0.39, 0.29) is 16.6 Å². The molecule has 9 nitrogen and oxygen atoms in total. The number of anilines is 2. The van der Waals surface area contributed by atoms with Crippen LogP contribution in [0, 0.1) is 19.7 Å². The number of piperidine rings is 1. The Morgan fingerprint density at radius 3 is 2.59 bits per heavy atom. The number of hydrogen-bond donors (Lipinski definition) is 3. The fourth-order valence-electron chi connectivity index (χ4n) is 4.90. The first-order chi connectivity index (χ1) is 18.8. The van der Waals surface area contributed by atoms with Crippen molar-refractivity contribution < 1.29 is 12.8 Å². The Balaban J connectivity index is 1.36. The van der Waals surface area contributed by atoms with E-state index in [9.17, 15) is 8.42 Å². The Kier molecular flexibility index (Phi) is 6.40. The van der Waals surface area contributed by atoms with Crippen LogP contribution in [-0.4, -0.2) is 46.9 Å². The SMILES string of the molecule is Cc1ccc(S(=O)(=O)Nc2ccc(-c3cc4cnc(NC5CCCNC5)nc4n4cc(C)nc34)c(F)c2)cc1. The molecule has 2 aromatic carbocycles. The molecule has 4 heterocycles. The number of benzene rings is 2. The fraction of sp³-hybridized carbons (Fsp3) is 0.250. The molecule has 1 fully saturated rings. The Hall–Kier alpha value is -4.09. The Morgan fingerprint density at radius 2 is 1.85 bits per heavy atom. The van der Waals surface area contributed by atoms with Crippen molar-refractivity contribution in [3.05, 3.63) is 78.0 Å². The summed E-state index contributed by atoms with van der Waals surface area (Å²) in [5, 5.41) is 7.51. The zero-order chi connectivity index (χ0) is 27.1. The average Bonchev–Trinajstić information content (AvgIpc) is 3.31. The summed E-state index contributed by atoms with van der Waals surface area (Å²) in [6, 6.07) is 12.8. The van der Waals surface area contributed by atoms with Gasteiger partial charge in [-0.25, -0.2) is 22.8 Å². The van der Waals surface area contributed by atoms with E-state index < -0.39 is 15.8 Å². The molecule has 1 unspecified atom stereocenters. The quantitative estimate of drug-likeness (QED) is 0.284. The van der Waals surface area contributed by atoms with Crippen molar-refractivity contribution in [3.8, 4) is 11.1 Å². The summed E-state index contributed by atoms with van der Waals surface area (Å²) in [6.45, 7) is 5.62. The minimum Gasteiger partial charge on any atom is -0.350 e. The van der Waals surface area contributed by atoms with Gasteiger partial charge in [-0.2, -0.15) is 4.98 Å². The van der Waals surface area contributed by atoms with Gasteiger partial charge in [-0.05, 0) is 69.6 Å². The van der Waals surface area contributed by atoms with Crippen LogP contribution in [0.25, 0.3) is 27.8 Å². The lowest BCUT2D eigenvalue weighted by Crippen LogP contribution is -2.38. The summed E-state index contributed by atoms with van der Waals surface area (Å²) in [4.78, 5) is 14.0. The second-order valence-electron chi connectivity index (χ2n) is 9.91. The van der Waals surface area contributed by atoms with Crippen LogP contribution in [0.2, 0.25) is 0 Å². The highest BCUT2D eigenvalue weighted by atomic mass is 32.2. The van der Waals surface area contributed by atoms with Crippen molar-refractivity contribution in [2.45, 2.75) is 37.6 Å². The molecule has 1 saturated heterocycles. The molecule has 0 spiro atoms. The summed E-state index contributed by atoms with van der Waals surface area (Å²) >= 11 is 0. The van der Waals surface area contributed by atoms with Crippen LogP contribution in [0.15, 0.2) is 65.8 Å². The maximum Gasteiger partial charge on any atom is 0.261 e. The number of aromatic nitrogens is 4. The van der Waals surface area contributed by atoms with Gasteiger partial charge < -0.3 is 10.6 Å². The monoisotopic (exact) mass is 545 g/mol. The third-order valence-corrected chi connectivity index (χ3v) is 8.26. The van der Waals surface area contributed by atoms with Crippen LogP contribution in [0.1, 0.15) is 24.1 Å². The fourth-order valence-corrected chi connectivity index (χ4v) is 5.95. The number of imidazole rings is 1. The van der Waals surface area contributed by atoms with Crippen molar-refractivity contribution >= 4 is 38.3 Å². The number of sulfonamides is 1. The molecule has 11 heteroatoms. The van der Waals surface area contributed by atoms with E-state index in [2.05, 4.69) is 25.3 Å². The zero-order valence-corrected chi connectivity index (χ0v) is 22.4. The third kappa shape index (κ3) is 5.02. The molecule has 200 valence electrons. The average molecular weight is 546 g/mol. The first kappa shape index (κ1) is 25.2. The molecule has 0 bridgehead atoms. The highest BCUT2D eigenvalue weighted by molar-refractivity contribution is 7.92. The Morgan fingerprint density at radius 1 is 1.03 bits per heavy atom. The van der Waals surface area contributed by atoms with Gasteiger partial charge in [0.1, 0.15) is 11.5 Å². The number of halogens is 1. The van der Waals surface area contributed by atoms with E-state index in [0.717, 1.165) is 42.6 Å². The number of nitrogens with zero attached hydrogens (tertiary/aromatic N) is 4. The molecule has 6 rings (SSSR count). The van der Waals surface area contributed by atoms with E-state index in [0.29, 0.717) is 28.4 Å². The number of fused-ring (bicyclic) bond motifs is 3. The normalized spacial score (nSPS) is 16.0. The lowest BCUT2D eigenvalue weighted by atomic mass is 10.0. The third-order valence-electron chi connectivity index (χ3n) is 6.86. The minimum absolute atomic E-state index is 0.107. The van der Waals surface area contributed by atoms with E-state index in [1.165, 1.54) is 18.2 Å². The van der Waals surface area contributed by atoms with Gasteiger partial charge in [-0.3, -0.25) is 9.12 Å². The van der Waals surface area contributed by atoms with Gasteiger partial charge in [-0.1, -0.05) is 17.7 Å². The zero-order valence-electron chi connectivity index (χ0n) is 21.6. The molecular formula is C28H28FN7O2S. The van der Waals surface area contributed by atoms with Gasteiger partial charge in [0.15, 0.2) is 5.65 Å². The first-order valence-electron chi connectivity index (χ1n) is 12.8. The lowest BCUT2D eigenvalue weighted by Gasteiger charge is -2.23.